The Bertz CT molecular complexity index is 409. The number of carbonyl (C=O) groups excluding carboxylic acids is 1. The highest BCUT2D eigenvalue weighted by Gasteiger charge is 2.27. The molecule has 3 nitrogen and oxygen atoms in total. The Labute approximate surface area is 116 Å². The fraction of sp³-hybridized carbons (Fsp3) is 0.562. The van der Waals surface area contributed by atoms with Crippen molar-refractivity contribution in [2.24, 2.45) is 0 Å². The first-order chi connectivity index (χ1) is 8.90. The number of amides is 1. The zero-order chi connectivity index (χ0) is 14.5. The van der Waals surface area contributed by atoms with Gasteiger partial charge in [-0.15, -0.1) is 0 Å². The fourth-order valence-corrected chi connectivity index (χ4v) is 2.02. The molecule has 0 saturated carbocycles. The Morgan fingerprint density at radius 1 is 1.21 bits per heavy atom. The van der Waals surface area contributed by atoms with E-state index in [1.807, 2.05) is 27.7 Å². The van der Waals surface area contributed by atoms with Gasteiger partial charge in [0, 0.05) is 0 Å². The maximum atomic E-state index is 12.2. The predicted octanol–water partition coefficient (Wildman–Crippen LogP) is 2.81. The van der Waals surface area contributed by atoms with Crippen molar-refractivity contribution in [1.29, 1.82) is 0 Å². The lowest BCUT2D eigenvalue weighted by atomic mass is 10.0. The molecule has 2 N–H and O–H groups in total. The monoisotopic (exact) mass is 262 g/mol. The predicted molar refractivity (Wildman–Crippen MR) is 80.1 cm³/mol. The summed E-state index contributed by atoms with van der Waals surface area (Å²) in [4.78, 5) is 12.2. The summed E-state index contributed by atoms with van der Waals surface area (Å²) in [5.74, 6) is 0.0291. The Morgan fingerprint density at radius 3 is 2.26 bits per heavy atom. The van der Waals surface area contributed by atoms with Gasteiger partial charge in [0.1, 0.15) is 0 Å². The van der Waals surface area contributed by atoms with Gasteiger partial charge in [-0.25, -0.2) is 0 Å². The highest BCUT2D eigenvalue weighted by molar-refractivity contribution is 5.85. The minimum absolute atomic E-state index is 0.0244. The summed E-state index contributed by atoms with van der Waals surface area (Å²) in [6.45, 7) is 10.7. The molecule has 0 saturated heterocycles. The average Bonchev–Trinajstić information content (AvgIpc) is 2.38. The number of nitrogens with one attached hydrogen (secondary N) is 2. The summed E-state index contributed by atoms with van der Waals surface area (Å²) in [5.41, 5.74) is 1.92. The standard InChI is InChI=1S/C16H26N2O/c1-6-13-8-10-14(11-9-13)12(3)18-15(19)16(4,5)17-7-2/h8-12,17H,6-7H2,1-5H3,(H,18,19). The molecule has 0 bridgehead atoms. The first-order valence-corrected chi connectivity index (χ1v) is 7.05. The summed E-state index contributed by atoms with van der Waals surface area (Å²) in [7, 11) is 0. The summed E-state index contributed by atoms with van der Waals surface area (Å²) >= 11 is 0. The first kappa shape index (κ1) is 15.7. The van der Waals surface area contributed by atoms with Crippen LogP contribution < -0.4 is 10.6 Å². The minimum Gasteiger partial charge on any atom is -0.348 e. The molecule has 1 aromatic carbocycles. The number of aryl methyl sites for hydroxylation is 1. The number of benzene rings is 1. The lowest BCUT2D eigenvalue weighted by molar-refractivity contribution is -0.127. The van der Waals surface area contributed by atoms with Crippen LogP contribution in [0, 0.1) is 0 Å². The SMILES string of the molecule is CCNC(C)(C)C(=O)NC(C)c1ccc(CC)cc1. The van der Waals surface area contributed by atoms with Crippen LogP contribution in [0.25, 0.3) is 0 Å². The molecule has 1 unspecified atom stereocenters. The van der Waals surface area contributed by atoms with E-state index >= 15 is 0 Å². The molecule has 0 heterocycles. The van der Waals surface area contributed by atoms with Crippen molar-refractivity contribution in [3.8, 4) is 0 Å². The Kier molecular flexibility index (Phi) is 5.55. The van der Waals surface area contributed by atoms with Crippen LogP contribution in [-0.4, -0.2) is 18.0 Å². The molecular formula is C16H26N2O. The maximum absolute atomic E-state index is 12.2. The molecule has 0 radical (unpaired) electrons. The average molecular weight is 262 g/mol. The van der Waals surface area contributed by atoms with Crippen LogP contribution in [0.2, 0.25) is 0 Å². The third-order valence-corrected chi connectivity index (χ3v) is 3.42. The maximum Gasteiger partial charge on any atom is 0.240 e. The van der Waals surface area contributed by atoms with Gasteiger partial charge in [-0.05, 0) is 44.9 Å². The third-order valence-electron chi connectivity index (χ3n) is 3.42. The van der Waals surface area contributed by atoms with Crippen LogP contribution in [0.5, 0.6) is 0 Å². The molecular weight excluding hydrogens is 236 g/mol. The second kappa shape index (κ2) is 6.71. The molecule has 3 heteroatoms. The quantitative estimate of drug-likeness (QED) is 0.827. The van der Waals surface area contributed by atoms with Crippen LogP contribution >= 0.6 is 0 Å². The fourth-order valence-electron chi connectivity index (χ4n) is 2.02. The topological polar surface area (TPSA) is 41.1 Å². The molecule has 1 amide bonds. The van der Waals surface area contributed by atoms with E-state index in [0.717, 1.165) is 18.5 Å². The van der Waals surface area contributed by atoms with Crippen LogP contribution in [-0.2, 0) is 11.2 Å². The molecule has 106 valence electrons. The second-order valence-electron chi connectivity index (χ2n) is 5.45. The summed E-state index contributed by atoms with van der Waals surface area (Å²) < 4.78 is 0. The van der Waals surface area contributed by atoms with Gasteiger partial charge < -0.3 is 10.6 Å². The number of carbonyl (C=O) groups is 1. The number of rotatable bonds is 6. The van der Waals surface area contributed by atoms with Crippen molar-refractivity contribution < 1.29 is 4.79 Å². The van der Waals surface area contributed by atoms with Crippen LogP contribution in [0.1, 0.15) is 51.8 Å². The van der Waals surface area contributed by atoms with Crippen molar-refractivity contribution in [3.05, 3.63) is 35.4 Å². The Hall–Kier alpha value is -1.35. The van der Waals surface area contributed by atoms with Gasteiger partial charge in [0.25, 0.3) is 0 Å². The van der Waals surface area contributed by atoms with E-state index in [1.54, 1.807) is 0 Å². The van der Waals surface area contributed by atoms with Crippen LogP contribution in [0.4, 0.5) is 0 Å². The molecule has 0 aromatic heterocycles. The number of hydrogen-bond acceptors (Lipinski definition) is 2. The molecule has 0 aliphatic carbocycles. The van der Waals surface area contributed by atoms with Crippen molar-refractivity contribution >= 4 is 5.91 Å². The Balaban J connectivity index is 2.68. The van der Waals surface area contributed by atoms with Gasteiger partial charge in [0.15, 0.2) is 0 Å². The number of hydrogen-bond donors (Lipinski definition) is 2. The minimum atomic E-state index is -0.535. The van der Waals surface area contributed by atoms with Crippen molar-refractivity contribution in [2.45, 2.75) is 52.6 Å². The Morgan fingerprint density at radius 2 is 1.79 bits per heavy atom. The first-order valence-electron chi connectivity index (χ1n) is 7.05. The van der Waals surface area contributed by atoms with Gasteiger partial charge in [0.05, 0.1) is 11.6 Å². The largest absolute Gasteiger partial charge is 0.348 e. The van der Waals surface area contributed by atoms with E-state index in [0.29, 0.717) is 0 Å². The third kappa shape index (κ3) is 4.35. The summed E-state index contributed by atoms with van der Waals surface area (Å²) in [5, 5.41) is 6.24. The van der Waals surface area contributed by atoms with E-state index in [2.05, 4.69) is 41.8 Å². The van der Waals surface area contributed by atoms with Crippen molar-refractivity contribution in [1.82, 2.24) is 10.6 Å². The molecule has 1 rings (SSSR count). The lowest BCUT2D eigenvalue weighted by Gasteiger charge is -2.27. The van der Waals surface area contributed by atoms with E-state index in [1.165, 1.54) is 5.56 Å². The van der Waals surface area contributed by atoms with Gasteiger partial charge >= 0.3 is 0 Å². The molecule has 1 atom stereocenters. The zero-order valence-corrected chi connectivity index (χ0v) is 12.7. The van der Waals surface area contributed by atoms with E-state index in [4.69, 9.17) is 0 Å². The summed E-state index contributed by atoms with van der Waals surface area (Å²) in [6, 6.07) is 8.44. The highest BCUT2D eigenvalue weighted by Crippen LogP contribution is 2.15. The molecule has 0 aliphatic heterocycles. The summed E-state index contributed by atoms with van der Waals surface area (Å²) in [6.07, 6.45) is 1.04. The van der Waals surface area contributed by atoms with Gasteiger partial charge in [-0.3, -0.25) is 4.79 Å². The molecule has 1 aromatic rings. The van der Waals surface area contributed by atoms with E-state index in [9.17, 15) is 4.79 Å². The molecule has 19 heavy (non-hydrogen) atoms. The smallest absolute Gasteiger partial charge is 0.240 e. The van der Waals surface area contributed by atoms with E-state index < -0.39 is 5.54 Å². The van der Waals surface area contributed by atoms with Crippen LogP contribution in [0.3, 0.4) is 0 Å². The van der Waals surface area contributed by atoms with Gasteiger partial charge in [0.2, 0.25) is 5.91 Å². The normalized spacial score (nSPS) is 13.1. The van der Waals surface area contributed by atoms with Crippen molar-refractivity contribution in [2.75, 3.05) is 6.54 Å². The molecule has 0 fully saturated rings. The molecule has 0 aliphatic rings. The number of likely N-dealkylation sites (N-methyl/N-ethyl adjacent to an activating group) is 1. The lowest BCUT2D eigenvalue weighted by Crippen LogP contribution is -2.52. The van der Waals surface area contributed by atoms with Gasteiger partial charge in [-0.2, -0.15) is 0 Å². The highest BCUT2D eigenvalue weighted by atomic mass is 16.2. The molecule has 0 spiro atoms. The zero-order valence-electron chi connectivity index (χ0n) is 12.7. The van der Waals surface area contributed by atoms with Crippen molar-refractivity contribution in [3.63, 3.8) is 0 Å². The van der Waals surface area contributed by atoms with E-state index in [-0.39, 0.29) is 11.9 Å². The van der Waals surface area contributed by atoms with Gasteiger partial charge in [-0.1, -0.05) is 38.1 Å². The van der Waals surface area contributed by atoms with Crippen LogP contribution in [0.15, 0.2) is 24.3 Å². The second-order valence-corrected chi connectivity index (χ2v) is 5.45.